The maximum atomic E-state index is 13.0. The molecule has 176 valence electrons. The van der Waals surface area contributed by atoms with Gasteiger partial charge in [-0.1, -0.05) is 59.6 Å². The molecule has 2 amide bonds. The van der Waals surface area contributed by atoms with Crippen LogP contribution in [0.5, 0.6) is 11.5 Å². The summed E-state index contributed by atoms with van der Waals surface area (Å²) in [4.78, 5) is 26.9. The Kier molecular flexibility index (Phi) is 7.45. The molecule has 0 atom stereocenters. The maximum Gasteiger partial charge on any atom is 0.293 e. The van der Waals surface area contributed by atoms with E-state index in [9.17, 15) is 14.9 Å². The van der Waals surface area contributed by atoms with Crippen LogP contribution >= 0.6 is 23.4 Å². The molecule has 1 fully saturated rings. The van der Waals surface area contributed by atoms with Crippen molar-refractivity contribution in [1.29, 1.82) is 5.26 Å². The first-order valence-corrected chi connectivity index (χ1v) is 11.9. The summed E-state index contributed by atoms with van der Waals surface area (Å²) in [6.45, 7) is 2.36. The van der Waals surface area contributed by atoms with Gasteiger partial charge < -0.3 is 9.47 Å². The number of hydrogen-bond donors (Lipinski definition) is 0. The number of thioether (sulfide) groups is 1. The fourth-order valence-corrected chi connectivity index (χ4v) is 4.64. The standard InChI is InChI=1S/C27H21ClN2O4S/c1-17-7-9-18(10-8-17)16-34-25-22(28)11-19(12-23(25)33-2)13-24-26(31)30(27(32)35-24)15-21-6-4-3-5-20(21)14-29/h3-13H,15-16H2,1-2H3/b24-13+. The molecule has 0 bridgehead atoms. The monoisotopic (exact) mass is 504 g/mol. The second-order valence-electron chi connectivity index (χ2n) is 7.85. The molecule has 0 N–H and O–H groups in total. The van der Waals surface area contributed by atoms with Gasteiger partial charge in [-0.2, -0.15) is 5.26 Å². The fraction of sp³-hybridized carbons (Fsp3) is 0.148. The zero-order valence-electron chi connectivity index (χ0n) is 19.1. The summed E-state index contributed by atoms with van der Waals surface area (Å²) in [5.41, 5.74) is 3.78. The SMILES string of the molecule is COc1cc(/C=C2/SC(=O)N(Cc3ccccc3C#N)C2=O)cc(Cl)c1OCc1ccc(C)cc1. The number of hydrogen-bond acceptors (Lipinski definition) is 6. The highest BCUT2D eigenvalue weighted by atomic mass is 35.5. The minimum Gasteiger partial charge on any atom is -0.493 e. The number of nitriles is 1. The fourth-order valence-electron chi connectivity index (χ4n) is 3.53. The number of methoxy groups -OCH3 is 1. The van der Waals surface area contributed by atoms with E-state index >= 15 is 0 Å². The quantitative estimate of drug-likeness (QED) is 0.349. The zero-order valence-corrected chi connectivity index (χ0v) is 20.7. The van der Waals surface area contributed by atoms with Crippen LogP contribution in [0.25, 0.3) is 6.08 Å². The number of halogens is 1. The summed E-state index contributed by atoms with van der Waals surface area (Å²) < 4.78 is 11.4. The van der Waals surface area contributed by atoms with Crippen molar-refractivity contribution in [3.05, 3.63) is 98.4 Å². The first kappa shape index (κ1) is 24.4. The van der Waals surface area contributed by atoms with E-state index in [1.165, 1.54) is 7.11 Å². The number of imide groups is 1. The van der Waals surface area contributed by atoms with Crippen molar-refractivity contribution in [1.82, 2.24) is 4.90 Å². The largest absolute Gasteiger partial charge is 0.493 e. The van der Waals surface area contributed by atoms with Gasteiger partial charge in [-0.3, -0.25) is 14.5 Å². The van der Waals surface area contributed by atoms with Crippen LogP contribution in [-0.4, -0.2) is 23.2 Å². The lowest BCUT2D eigenvalue weighted by Crippen LogP contribution is -2.27. The van der Waals surface area contributed by atoms with E-state index < -0.39 is 11.1 Å². The van der Waals surface area contributed by atoms with E-state index in [1.807, 2.05) is 31.2 Å². The third kappa shape index (κ3) is 5.51. The first-order valence-electron chi connectivity index (χ1n) is 10.7. The minimum atomic E-state index is -0.428. The number of ether oxygens (including phenoxy) is 2. The molecule has 0 aliphatic carbocycles. The van der Waals surface area contributed by atoms with Crippen LogP contribution in [0.15, 0.2) is 65.6 Å². The Bertz CT molecular complexity index is 1360. The molecule has 0 radical (unpaired) electrons. The van der Waals surface area contributed by atoms with Crippen LogP contribution < -0.4 is 9.47 Å². The molecule has 6 nitrogen and oxygen atoms in total. The van der Waals surface area contributed by atoms with Crippen molar-refractivity contribution >= 4 is 40.6 Å². The number of carbonyl (C=O) groups excluding carboxylic acids is 2. The Balaban J connectivity index is 1.54. The Hall–Kier alpha value is -3.73. The number of benzene rings is 3. The average Bonchev–Trinajstić information content (AvgIpc) is 3.11. The van der Waals surface area contributed by atoms with Gasteiger partial charge in [0.15, 0.2) is 11.5 Å². The van der Waals surface area contributed by atoms with Gasteiger partial charge in [0.1, 0.15) is 6.61 Å². The molecule has 0 aromatic heterocycles. The van der Waals surface area contributed by atoms with Crippen LogP contribution in [-0.2, 0) is 17.9 Å². The van der Waals surface area contributed by atoms with Crippen molar-refractivity contribution in [2.24, 2.45) is 0 Å². The summed E-state index contributed by atoms with van der Waals surface area (Å²) in [5.74, 6) is 0.383. The Morgan fingerprint density at radius 2 is 1.86 bits per heavy atom. The van der Waals surface area contributed by atoms with Crippen LogP contribution in [0.4, 0.5) is 4.79 Å². The number of nitrogens with zero attached hydrogens (tertiary/aromatic N) is 2. The topological polar surface area (TPSA) is 79.6 Å². The van der Waals surface area contributed by atoms with Crippen LogP contribution in [0, 0.1) is 18.3 Å². The van der Waals surface area contributed by atoms with Crippen molar-refractivity contribution in [2.45, 2.75) is 20.1 Å². The smallest absolute Gasteiger partial charge is 0.293 e. The Morgan fingerprint density at radius 1 is 1.11 bits per heavy atom. The van der Waals surface area contributed by atoms with E-state index in [4.69, 9.17) is 21.1 Å². The Labute approximate surface area is 212 Å². The van der Waals surface area contributed by atoms with Crippen molar-refractivity contribution in [2.75, 3.05) is 7.11 Å². The third-order valence-electron chi connectivity index (χ3n) is 5.39. The van der Waals surface area contributed by atoms with Crippen molar-refractivity contribution in [3.8, 4) is 17.6 Å². The highest BCUT2D eigenvalue weighted by molar-refractivity contribution is 8.18. The number of amides is 2. The van der Waals surface area contributed by atoms with Gasteiger partial charge in [0, 0.05) is 0 Å². The molecule has 1 aliphatic heterocycles. The second-order valence-corrected chi connectivity index (χ2v) is 9.25. The summed E-state index contributed by atoms with van der Waals surface area (Å²) in [6.07, 6.45) is 1.60. The molecular weight excluding hydrogens is 484 g/mol. The van der Waals surface area contributed by atoms with Crippen LogP contribution in [0.1, 0.15) is 27.8 Å². The predicted molar refractivity (Wildman–Crippen MR) is 136 cm³/mol. The van der Waals surface area contributed by atoms with Gasteiger partial charge in [-0.05, 0) is 59.7 Å². The molecule has 8 heteroatoms. The van der Waals surface area contributed by atoms with Gasteiger partial charge in [0.05, 0.1) is 35.2 Å². The molecule has 1 heterocycles. The molecule has 1 saturated heterocycles. The number of carbonyl (C=O) groups is 2. The molecule has 0 unspecified atom stereocenters. The van der Waals surface area contributed by atoms with Crippen LogP contribution in [0.3, 0.4) is 0 Å². The molecule has 4 rings (SSSR count). The lowest BCUT2D eigenvalue weighted by atomic mass is 10.1. The average molecular weight is 505 g/mol. The van der Waals surface area contributed by atoms with E-state index in [2.05, 4.69) is 6.07 Å². The maximum absolute atomic E-state index is 13.0. The van der Waals surface area contributed by atoms with Gasteiger partial charge >= 0.3 is 0 Å². The minimum absolute atomic E-state index is 0.0294. The molecule has 35 heavy (non-hydrogen) atoms. The molecular formula is C27H21ClN2O4S. The molecule has 0 spiro atoms. The lowest BCUT2D eigenvalue weighted by molar-refractivity contribution is -0.123. The number of rotatable bonds is 7. The van der Waals surface area contributed by atoms with Gasteiger partial charge in [-0.25, -0.2) is 0 Å². The van der Waals surface area contributed by atoms with E-state index in [1.54, 1.807) is 42.5 Å². The summed E-state index contributed by atoms with van der Waals surface area (Å²) in [5, 5.41) is 9.22. The molecule has 3 aromatic carbocycles. The highest BCUT2D eigenvalue weighted by Gasteiger charge is 2.35. The Morgan fingerprint density at radius 3 is 2.57 bits per heavy atom. The summed E-state index contributed by atoms with van der Waals surface area (Å²) >= 11 is 7.33. The lowest BCUT2D eigenvalue weighted by Gasteiger charge is -2.14. The third-order valence-corrected chi connectivity index (χ3v) is 6.58. The zero-order chi connectivity index (χ0) is 24.9. The highest BCUT2D eigenvalue weighted by Crippen LogP contribution is 2.39. The van der Waals surface area contributed by atoms with Gasteiger partial charge in [0.25, 0.3) is 11.1 Å². The first-order chi connectivity index (χ1) is 16.9. The molecule has 0 saturated carbocycles. The van der Waals surface area contributed by atoms with Crippen molar-refractivity contribution < 1.29 is 19.1 Å². The summed E-state index contributed by atoms with van der Waals surface area (Å²) in [7, 11) is 1.51. The normalized spacial score (nSPS) is 14.3. The van der Waals surface area contributed by atoms with Gasteiger partial charge in [0.2, 0.25) is 0 Å². The van der Waals surface area contributed by atoms with E-state index in [0.29, 0.717) is 39.8 Å². The molecule has 1 aliphatic rings. The second kappa shape index (κ2) is 10.7. The van der Waals surface area contributed by atoms with E-state index in [0.717, 1.165) is 27.8 Å². The predicted octanol–water partition coefficient (Wildman–Crippen LogP) is 6.34. The number of aryl methyl sites for hydroxylation is 1. The van der Waals surface area contributed by atoms with Crippen molar-refractivity contribution in [3.63, 3.8) is 0 Å². The molecule has 3 aromatic rings. The van der Waals surface area contributed by atoms with Gasteiger partial charge in [-0.15, -0.1) is 0 Å². The van der Waals surface area contributed by atoms with E-state index in [-0.39, 0.29) is 11.4 Å². The summed E-state index contributed by atoms with van der Waals surface area (Å²) in [6, 6.07) is 20.3. The van der Waals surface area contributed by atoms with Crippen LogP contribution in [0.2, 0.25) is 5.02 Å².